The Kier molecular flexibility index (Phi) is 8.83. The number of benzene rings is 2. The minimum atomic E-state index is -0.878. The van der Waals surface area contributed by atoms with Crippen LogP contribution in [0, 0.1) is 0 Å². The molecule has 208 valence electrons. The van der Waals surface area contributed by atoms with Crippen LogP contribution in [0.25, 0.3) is 12.2 Å². The molecule has 1 fully saturated rings. The SMILES string of the molecule is COc1ccc(/C=C/c2cc(OC)c([C@@H]3[C@@H](c4ccc(OC)c(OC)c4)O[C@@H](C)C[C@@H]3O)c(=O)o2)cc1OC. The molecule has 0 bridgehead atoms. The fourth-order valence-corrected chi connectivity index (χ4v) is 4.92. The van der Waals surface area contributed by atoms with Crippen molar-refractivity contribution in [2.75, 3.05) is 35.5 Å². The lowest BCUT2D eigenvalue weighted by molar-refractivity contribution is -0.108. The zero-order chi connectivity index (χ0) is 28.1. The predicted molar refractivity (Wildman–Crippen MR) is 146 cm³/mol. The van der Waals surface area contributed by atoms with Crippen molar-refractivity contribution in [2.45, 2.75) is 37.6 Å². The summed E-state index contributed by atoms with van der Waals surface area (Å²) in [5, 5.41) is 11.2. The smallest absolute Gasteiger partial charge is 0.343 e. The molecule has 0 amide bonds. The Balaban J connectivity index is 1.73. The Bertz CT molecular complexity index is 1380. The van der Waals surface area contributed by atoms with Crippen molar-refractivity contribution in [3.05, 3.63) is 75.3 Å². The topological polar surface area (TPSA) is 106 Å². The predicted octanol–water partition coefficient (Wildman–Crippen LogP) is 4.85. The highest BCUT2D eigenvalue weighted by atomic mass is 16.5. The van der Waals surface area contributed by atoms with E-state index in [9.17, 15) is 9.90 Å². The summed E-state index contributed by atoms with van der Waals surface area (Å²) in [6.07, 6.45) is 2.02. The summed E-state index contributed by atoms with van der Waals surface area (Å²) in [5.74, 6) is 2.11. The van der Waals surface area contributed by atoms with E-state index in [1.807, 2.05) is 25.1 Å². The molecule has 3 aromatic rings. The standard InChI is InChI=1S/C30H34O9/c1-17-13-21(31)27(29(38-17)19-9-12-23(34-3)25(15-19)36-5)28-26(37-6)16-20(39-30(28)32)10-7-18-8-11-22(33-2)24(14-18)35-4/h7-12,14-17,21,27,29,31H,13H2,1-6H3/b10-7+/t17-,21-,27+,29+/m0/s1. The number of hydrogen-bond acceptors (Lipinski definition) is 9. The zero-order valence-electron chi connectivity index (χ0n) is 22.9. The molecule has 1 aliphatic rings. The summed E-state index contributed by atoms with van der Waals surface area (Å²) in [6, 6.07) is 12.5. The van der Waals surface area contributed by atoms with Crippen LogP contribution < -0.4 is 29.3 Å². The molecule has 4 atom stereocenters. The van der Waals surface area contributed by atoms with Crippen molar-refractivity contribution >= 4 is 12.2 Å². The third-order valence-electron chi connectivity index (χ3n) is 6.80. The Morgan fingerprint density at radius 2 is 1.41 bits per heavy atom. The van der Waals surface area contributed by atoms with E-state index in [1.165, 1.54) is 7.11 Å². The van der Waals surface area contributed by atoms with E-state index >= 15 is 0 Å². The maximum atomic E-state index is 13.4. The number of hydrogen-bond donors (Lipinski definition) is 1. The average molecular weight is 539 g/mol. The summed E-state index contributed by atoms with van der Waals surface area (Å²) < 4.78 is 39.1. The van der Waals surface area contributed by atoms with E-state index in [1.54, 1.807) is 64.9 Å². The Hall–Kier alpha value is -3.95. The number of rotatable bonds is 9. The minimum Gasteiger partial charge on any atom is -0.496 e. The van der Waals surface area contributed by atoms with E-state index in [0.717, 1.165) is 11.1 Å². The van der Waals surface area contributed by atoms with Gasteiger partial charge in [-0.1, -0.05) is 18.2 Å². The van der Waals surface area contributed by atoms with Crippen LogP contribution in [0.3, 0.4) is 0 Å². The van der Waals surface area contributed by atoms with Gasteiger partial charge in [-0.25, -0.2) is 4.79 Å². The van der Waals surface area contributed by atoms with Crippen molar-refractivity contribution in [3.63, 3.8) is 0 Å². The van der Waals surface area contributed by atoms with E-state index in [2.05, 4.69) is 0 Å². The number of methoxy groups -OCH3 is 5. The van der Waals surface area contributed by atoms with Gasteiger partial charge < -0.3 is 37.9 Å². The van der Waals surface area contributed by atoms with Crippen molar-refractivity contribution < 1.29 is 37.9 Å². The Morgan fingerprint density at radius 1 is 0.795 bits per heavy atom. The van der Waals surface area contributed by atoms with E-state index in [4.69, 9.17) is 32.8 Å². The second-order valence-electron chi connectivity index (χ2n) is 9.18. The molecule has 4 rings (SSSR count). The Labute approximate surface area is 227 Å². The van der Waals surface area contributed by atoms with E-state index < -0.39 is 23.8 Å². The molecule has 2 heterocycles. The van der Waals surface area contributed by atoms with Crippen molar-refractivity contribution in [3.8, 4) is 28.7 Å². The van der Waals surface area contributed by atoms with Gasteiger partial charge in [-0.3, -0.25) is 0 Å². The van der Waals surface area contributed by atoms with E-state index in [0.29, 0.717) is 35.2 Å². The lowest BCUT2D eigenvalue weighted by atomic mass is 9.80. The van der Waals surface area contributed by atoms with Gasteiger partial charge in [-0.2, -0.15) is 0 Å². The van der Waals surface area contributed by atoms with Crippen molar-refractivity contribution in [1.29, 1.82) is 0 Å². The zero-order valence-corrected chi connectivity index (χ0v) is 22.9. The quantitative estimate of drug-likeness (QED) is 0.409. The van der Waals surface area contributed by atoms with Crippen LogP contribution in [-0.4, -0.2) is 52.9 Å². The van der Waals surface area contributed by atoms with Gasteiger partial charge in [0, 0.05) is 6.07 Å². The number of ether oxygens (including phenoxy) is 6. The first kappa shape index (κ1) is 28.1. The molecule has 39 heavy (non-hydrogen) atoms. The average Bonchev–Trinajstić information content (AvgIpc) is 2.95. The molecule has 0 unspecified atom stereocenters. The molecule has 1 aromatic heterocycles. The first-order chi connectivity index (χ1) is 18.8. The largest absolute Gasteiger partial charge is 0.496 e. The fourth-order valence-electron chi connectivity index (χ4n) is 4.92. The lowest BCUT2D eigenvalue weighted by Gasteiger charge is -2.39. The van der Waals surface area contributed by atoms with Crippen LogP contribution in [0.5, 0.6) is 28.7 Å². The molecule has 1 N–H and O–H groups in total. The summed E-state index contributed by atoms with van der Waals surface area (Å²) in [7, 11) is 7.71. The molecular formula is C30H34O9. The van der Waals surface area contributed by atoms with E-state index in [-0.39, 0.29) is 17.4 Å². The lowest BCUT2D eigenvalue weighted by Crippen LogP contribution is -2.39. The highest BCUT2D eigenvalue weighted by Crippen LogP contribution is 2.46. The molecule has 9 heteroatoms. The normalized spacial score (nSPS) is 21.0. The van der Waals surface area contributed by atoms with Crippen LogP contribution in [0.15, 0.2) is 51.7 Å². The third kappa shape index (κ3) is 5.89. The second kappa shape index (κ2) is 12.3. The second-order valence-corrected chi connectivity index (χ2v) is 9.18. The fraction of sp³-hybridized carbons (Fsp3) is 0.367. The molecule has 0 spiro atoms. The molecule has 1 aliphatic heterocycles. The van der Waals surface area contributed by atoms with Crippen molar-refractivity contribution in [2.24, 2.45) is 0 Å². The summed E-state index contributed by atoms with van der Waals surface area (Å²) in [5.41, 5.74) is 1.13. The molecule has 1 saturated heterocycles. The molecule has 0 radical (unpaired) electrons. The van der Waals surface area contributed by atoms with Gasteiger partial charge in [0.1, 0.15) is 11.5 Å². The highest BCUT2D eigenvalue weighted by molar-refractivity contribution is 5.69. The molecular weight excluding hydrogens is 504 g/mol. The molecule has 0 aliphatic carbocycles. The van der Waals surface area contributed by atoms with Crippen LogP contribution >= 0.6 is 0 Å². The van der Waals surface area contributed by atoms with Crippen LogP contribution in [0.4, 0.5) is 0 Å². The third-order valence-corrected chi connectivity index (χ3v) is 6.80. The summed E-state index contributed by atoms with van der Waals surface area (Å²) in [4.78, 5) is 13.4. The molecule has 9 nitrogen and oxygen atoms in total. The Morgan fingerprint density at radius 3 is 2.05 bits per heavy atom. The summed E-state index contributed by atoms with van der Waals surface area (Å²) in [6.45, 7) is 1.88. The van der Waals surface area contributed by atoms with Crippen LogP contribution in [-0.2, 0) is 4.74 Å². The first-order valence-corrected chi connectivity index (χ1v) is 12.5. The minimum absolute atomic E-state index is 0.208. The van der Waals surface area contributed by atoms with Gasteiger partial charge in [-0.05, 0) is 54.8 Å². The van der Waals surface area contributed by atoms with Crippen LogP contribution in [0.1, 0.15) is 47.8 Å². The first-order valence-electron chi connectivity index (χ1n) is 12.5. The number of aliphatic hydroxyl groups is 1. The van der Waals surface area contributed by atoms with Gasteiger partial charge in [-0.15, -0.1) is 0 Å². The van der Waals surface area contributed by atoms with Gasteiger partial charge >= 0.3 is 5.63 Å². The number of aliphatic hydroxyl groups excluding tert-OH is 1. The van der Waals surface area contributed by atoms with Gasteiger partial charge in [0.15, 0.2) is 23.0 Å². The molecule has 0 saturated carbocycles. The van der Waals surface area contributed by atoms with Crippen molar-refractivity contribution in [1.82, 2.24) is 0 Å². The highest BCUT2D eigenvalue weighted by Gasteiger charge is 2.42. The monoisotopic (exact) mass is 538 g/mol. The van der Waals surface area contributed by atoms with Crippen LogP contribution in [0.2, 0.25) is 0 Å². The van der Waals surface area contributed by atoms with Gasteiger partial charge in [0.2, 0.25) is 0 Å². The maximum Gasteiger partial charge on any atom is 0.343 e. The summed E-state index contributed by atoms with van der Waals surface area (Å²) >= 11 is 0. The van der Waals surface area contributed by atoms with Gasteiger partial charge in [0.25, 0.3) is 0 Å². The van der Waals surface area contributed by atoms with Gasteiger partial charge in [0.05, 0.1) is 65.3 Å². The maximum absolute atomic E-state index is 13.4. The molecule has 2 aromatic carbocycles.